The van der Waals surface area contributed by atoms with E-state index in [1.54, 1.807) is 5.56 Å². The van der Waals surface area contributed by atoms with Crippen LogP contribution in [0.3, 0.4) is 0 Å². The van der Waals surface area contributed by atoms with Crippen molar-refractivity contribution in [2.45, 2.75) is 25.8 Å². The lowest BCUT2D eigenvalue weighted by Gasteiger charge is -2.26. The van der Waals surface area contributed by atoms with Crippen molar-refractivity contribution in [1.82, 2.24) is 4.90 Å². The van der Waals surface area contributed by atoms with E-state index >= 15 is 0 Å². The summed E-state index contributed by atoms with van der Waals surface area (Å²) >= 11 is 0. The van der Waals surface area contributed by atoms with Crippen molar-refractivity contribution in [1.29, 1.82) is 0 Å². The lowest BCUT2D eigenvalue weighted by Crippen LogP contribution is -2.38. The Bertz CT molecular complexity index is 375. The fraction of sp³-hybridized carbons (Fsp3) is 0.571. The minimum atomic E-state index is 0.722. The number of anilines is 1. The van der Waals surface area contributed by atoms with E-state index < -0.39 is 0 Å². The zero-order valence-corrected chi connectivity index (χ0v) is 10.0. The summed E-state index contributed by atoms with van der Waals surface area (Å²) in [5.74, 6) is 0. The van der Waals surface area contributed by atoms with Crippen LogP contribution in [0.15, 0.2) is 24.3 Å². The molecule has 0 spiro atoms. The second kappa shape index (κ2) is 4.10. The Labute approximate surface area is 97.9 Å². The fourth-order valence-corrected chi connectivity index (χ4v) is 3.13. The lowest BCUT2D eigenvalue weighted by atomic mass is 10.1. The molecule has 0 amide bonds. The van der Waals surface area contributed by atoms with Crippen LogP contribution in [-0.2, 0) is 6.42 Å². The van der Waals surface area contributed by atoms with Gasteiger partial charge in [0.15, 0.2) is 0 Å². The summed E-state index contributed by atoms with van der Waals surface area (Å²) in [6.45, 7) is 7.22. The highest BCUT2D eigenvalue weighted by Crippen LogP contribution is 2.33. The highest BCUT2D eigenvalue weighted by Gasteiger charge is 2.31. The third kappa shape index (κ3) is 1.61. The predicted molar refractivity (Wildman–Crippen MR) is 68.0 cm³/mol. The molecule has 1 saturated heterocycles. The summed E-state index contributed by atoms with van der Waals surface area (Å²) in [7, 11) is 0. The van der Waals surface area contributed by atoms with Crippen LogP contribution in [0.25, 0.3) is 0 Å². The van der Waals surface area contributed by atoms with E-state index in [0.29, 0.717) is 0 Å². The van der Waals surface area contributed by atoms with Crippen molar-refractivity contribution >= 4 is 5.69 Å². The standard InChI is InChI=1S/C14H20N2/c1-2-15-8-5-9-16-13(11-15)10-12-6-3-4-7-14(12)16/h3-4,6-7,13H,2,5,8-11H2,1H3. The van der Waals surface area contributed by atoms with Crippen molar-refractivity contribution in [2.24, 2.45) is 0 Å². The molecule has 86 valence electrons. The van der Waals surface area contributed by atoms with Gasteiger partial charge in [-0.1, -0.05) is 25.1 Å². The Balaban J connectivity index is 1.87. The Morgan fingerprint density at radius 1 is 1.25 bits per heavy atom. The van der Waals surface area contributed by atoms with Gasteiger partial charge < -0.3 is 9.80 Å². The maximum Gasteiger partial charge on any atom is 0.0458 e. The normalized spacial score (nSPS) is 25.1. The third-order valence-corrected chi connectivity index (χ3v) is 3.99. The molecule has 0 bridgehead atoms. The highest BCUT2D eigenvalue weighted by molar-refractivity contribution is 5.59. The molecule has 3 rings (SSSR count). The highest BCUT2D eigenvalue weighted by atomic mass is 15.3. The van der Waals surface area contributed by atoms with Crippen molar-refractivity contribution < 1.29 is 0 Å². The number of fused-ring (bicyclic) bond motifs is 3. The van der Waals surface area contributed by atoms with Gasteiger partial charge >= 0.3 is 0 Å². The van der Waals surface area contributed by atoms with Crippen LogP contribution in [0.2, 0.25) is 0 Å². The molecule has 1 atom stereocenters. The molecule has 1 aromatic rings. The monoisotopic (exact) mass is 216 g/mol. The number of para-hydroxylation sites is 1. The molecule has 2 heterocycles. The van der Waals surface area contributed by atoms with Gasteiger partial charge in [-0.15, -0.1) is 0 Å². The molecule has 2 aliphatic heterocycles. The van der Waals surface area contributed by atoms with E-state index in [-0.39, 0.29) is 0 Å². The van der Waals surface area contributed by atoms with Crippen LogP contribution in [0.5, 0.6) is 0 Å². The van der Waals surface area contributed by atoms with E-state index in [2.05, 4.69) is 41.0 Å². The summed E-state index contributed by atoms with van der Waals surface area (Å²) in [6.07, 6.45) is 2.55. The van der Waals surface area contributed by atoms with Gasteiger partial charge in [-0.3, -0.25) is 0 Å². The fourth-order valence-electron chi connectivity index (χ4n) is 3.13. The lowest BCUT2D eigenvalue weighted by molar-refractivity contribution is 0.288. The molecule has 1 unspecified atom stereocenters. The van der Waals surface area contributed by atoms with Gasteiger partial charge in [0.1, 0.15) is 0 Å². The zero-order chi connectivity index (χ0) is 11.0. The van der Waals surface area contributed by atoms with Crippen molar-refractivity contribution in [3.63, 3.8) is 0 Å². The van der Waals surface area contributed by atoms with Gasteiger partial charge in [-0.2, -0.15) is 0 Å². The number of hydrogen-bond donors (Lipinski definition) is 0. The van der Waals surface area contributed by atoms with Gasteiger partial charge in [-0.05, 0) is 37.6 Å². The number of benzene rings is 1. The molecule has 2 heteroatoms. The van der Waals surface area contributed by atoms with Gasteiger partial charge in [-0.25, -0.2) is 0 Å². The second-order valence-corrected chi connectivity index (χ2v) is 4.93. The van der Waals surface area contributed by atoms with E-state index in [0.717, 1.165) is 6.04 Å². The number of likely N-dealkylation sites (N-methyl/N-ethyl adjacent to an activating group) is 1. The second-order valence-electron chi connectivity index (χ2n) is 4.93. The molecule has 1 aromatic carbocycles. The molecule has 0 saturated carbocycles. The van der Waals surface area contributed by atoms with E-state index in [4.69, 9.17) is 0 Å². The summed E-state index contributed by atoms with van der Waals surface area (Å²) in [5.41, 5.74) is 3.04. The molecule has 0 N–H and O–H groups in total. The molecule has 0 radical (unpaired) electrons. The van der Waals surface area contributed by atoms with E-state index in [1.807, 2.05) is 0 Å². The van der Waals surface area contributed by atoms with E-state index in [9.17, 15) is 0 Å². The zero-order valence-electron chi connectivity index (χ0n) is 10.0. The first-order chi connectivity index (χ1) is 7.88. The van der Waals surface area contributed by atoms with Crippen LogP contribution < -0.4 is 4.90 Å². The summed E-state index contributed by atoms with van der Waals surface area (Å²) in [4.78, 5) is 5.22. The average molecular weight is 216 g/mol. The summed E-state index contributed by atoms with van der Waals surface area (Å²) < 4.78 is 0. The van der Waals surface area contributed by atoms with Gasteiger partial charge in [0, 0.05) is 24.8 Å². The molecule has 0 aliphatic carbocycles. The minimum absolute atomic E-state index is 0.722. The molecule has 0 aromatic heterocycles. The minimum Gasteiger partial charge on any atom is -0.367 e. The first kappa shape index (κ1) is 10.2. The quantitative estimate of drug-likeness (QED) is 0.709. The molecule has 16 heavy (non-hydrogen) atoms. The van der Waals surface area contributed by atoms with Gasteiger partial charge in [0.25, 0.3) is 0 Å². The van der Waals surface area contributed by atoms with Crippen LogP contribution in [-0.4, -0.2) is 37.1 Å². The van der Waals surface area contributed by atoms with Gasteiger partial charge in [0.2, 0.25) is 0 Å². The maximum absolute atomic E-state index is 2.63. The number of rotatable bonds is 1. The van der Waals surface area contributed by atoms with Crippen LogP contribution in [0.1, 0.15) is 18.9 Å². The van der Waals surface area contributed by atoms with Crippen molar-refractivity contribution in [3.05, 3.63) is 29.8 Å². The molecule has 1 fully saturated rings. The average Bonchev–Trinajstić information content (AvgIpc) is 2.54. The predicted octanol–water partition coefficient (Wildman–Crippen LogP) is 2.14. The Morgan fingerprint density at radius 2 is 2.12 bits per heavy atom. The van der Waals surface area contributed by atoms with Gasteiger partial charge in [0.05, 0.1) is 0 Å². The van der Waals surface area contributed by atoms with E-state index in [1.165, 1.54) is 44.7 Å². The third-order valence-electron chi connectivity index (χ3n) is 3.99. The Morgan fingerprint density at radius 3 is 3.00 bits per heavy atom. The molecule has 2 nitrogen and oxygen atoms in total. The van der Waals surface area contributed by atoms with Crippen LogP contribution in [0.4, 0.5) is 5.69 Å². The topological polar surface area (TPSA) is 6.48 Å². The van der Waals surface area contributed by atoms with Crippen molar-refractivity contribution in [2.75, 3.05) is 31.1 Å². The first-order valence-corrected chi connectivity index (χ1v) is 6.45. The first-order valence-electron chi connectivity index (χ1n) is 6.45. The van der Waals surface area contributed by atoms with Crippen molar-refractivity contribution in [3.8, 4) is 0 Å². The van der Waals surface area contributed by atoms with Crippen LogP contribution >= 0.6 is 0 Å². The molecular weight excluding hydrogens is 196 g/mol. The SMILES string of the molecule is CCN1CCCN2c3ccccc3CC2C1. The largest absolute Gasteiger partial charge is 0.367 e. The summed E-state index contributed by atoms with van der Waals surface area (Å²) in [6, 6.07) is 9.64. The number of nitrogens with zero attached hydrogens (tertiary/aromatic N) is 2. The summed E-state index contributed by atoms with van der Waals surface area (Å²) in [5, 5.41) is 0. The smallest absolute Gasteiger partial charge is 0.0458 e. The maximum atomic E-state index is 2.63. The molecular formula is C14H20N2. The Hall–Kier alpha value is -1.02. The number of hydrogen-bond acceptors (Lipinski definition) is 2. The molecule has 2 aliphatic rings. The van der Waals surface area contributed by atoms with Crippen LogP contribution in [0, 0.1) is 0 Å². The Kier molecular flexibility index (Phi) is 2.60.